The summed E-state index contributed by atoms with van der Waals surface area (Å²) in [6, 6.07) is 3.54. The fourth-order valence-corrected chi connectivity index (χ4v) is 3.08. The van der Waals surface area contributed by atoms with E-state index in [0.717, 1.165) is 5.56 Å². The minimum atomic E-state index is -3.83. The van der Waals surface area contributed by atoms with Crippen LogP contribution in [-0.4, -0.2) is 27.5 Å². The predicted octanol–water partition coefficient (Wildman–Crippen LogP) is 1.44. The molecule has 0 radical (unpaired) electrons. The number of nitrogens with two attached hydrogens (primary N) is 1. The molecule has 6 nitrogen and oxygen atoms in total. The number of carbonyl (C=O) groups is 1. The summed E-state index contributed by atoms with van der Waals surface area (Å²) in [5.74, 6) is -0.466. The number of aryl methyl sites for hydroxylation is 1. The number of ether oxygens (including phenoxy) is 1. The first kappa shape index (κ1) is 17.5. The average Bonchev–Trinajstić information content (AvgIpc) is 2.39. The van der Waals surface area contributed by atoms with E-state index in [1.165, 1.54) is 19.2 Å². The Hall–Kier alpha value is -1.60. The van der Waals surface area contributed by atoms with Crippen molar-refractivity contribution < 1.29 is 17.9 Å². The van der Waals surface area contributed by atoms with Crippen molar-refractivity contribution in [3.63, 3.8) is 0 Å². The normalized spacial score (nSPS) is 13.2. The molecule has 1 aromatic rings. The zero-order valence-electron chi connectivity index (χ0n) is 12.7. The molecular weight excluding hydrogens is 292 g/mol. The highest BCUT2D eigenvalue weighted by Crippen LogP contribution is 2.18. The third kappa shape index (κ3) is 4.71. The van der Waals surface area contributed by atoms with Gasteiger partial charge in [-0.1, -0.05) is 19.9 Å². The SMILES string of the molecule is COC(=O)C(CC(C)C)NS(=O)(=O)c1ccc(C)c(N)c1. The Morgan fingerprint density at radius 1 is 1.38 bits per heavy atom. The lowest BCUT2D eigenvalue weighted by molar-refractivity contribution is -0.143. The van der Waals surface area contributed by atoms with Crippen molar-refractivity contribution in [2.75, 3.05) is 12.8 Å². The Kier molecular flexibility index (Phi) is 5.74. The summed E-state index contributed by atoms with van der Waals surface area (Å²) in [5.41, 5.74) is 6.91. The molecule has 0 fully saturated rings. The molecule has 7 heteroatoms. The van der Waals surface area contributed by atoms with Gasteiger partial charge in [0.1, 0.15) is 6.04 Å². The van der Waals surface area contributed by atoms with Crippen LogP contribution in [0.2, 0.25) is 0 Å². The molecular formula is C14H22N2O4S. The van der Waals surface area contributed by atoms with Crippen molar-refractivity contribution in [3.8, 4) is 0 Å². The number of sulfonamides is 1. The number of methoxy groups -OCH3 is 1. The summed E-state index contributed by atoms with van der Waals surface area (Å²) in [7, 11) is -2.60. The van der Waals surface area contributed by atoms with Crippen LogP contribution in [0, 0.1) is 12.8 Å². The van der Waals surface area contributed by atoms with Crippen LogP contribution in [0.4, 0.5) is 5.69 Å². The number of hydrogen-bond donors (Lipinski definition) is 2. The van der Waals surface area contributed by atoms with Crippen LogP contribution in [0.25, 0.3) is 0 Å². The van der Waals surface area contributed by atoms with E-state index in [4.69, 9.17) is 5.73 Å². The van der Waals surface area contributed by atoms with Gasteiger partial charge in [-0.3, -0.25) is 4.79 Å². The fraction of sp³-hybridized carbons (Fsp3) is 0.500. The highest BCUT2D eigenvalue weighted by atomic mass is 32.2. The summed E-state index contributed by atoms with van der Waals surface area (Å²) >= 11 is 0. The standard InChI is InChI=1S/C14H22N2O4S/c1-9(2)7-13(14(17)20-4)16-21(18,19)11-6-5-10(3)12(15)8-11/h5-6,8-9,13,16H,7,15H2,1-4H3. The van der Waals surface area contributed by atoms with Crippen LogP contribution in [0.15, 0.2) is 23.1 Å². The van der Waals surface area contributed by atoms with Gasteiger partial charge < -0.3 is 10.5 Å². The maximum absolute atomic E-state index is 12.3. The Morgan fingerprint density at radius 3 is 2.48 bits per heavy atom. The van der Waals surface area contributed by atoms with Crippen LogP contribution >= 0.6 is 0 Å². The lowest BCUT2D eigenvalue weighted by Gasteiger charge is -2.18. The first-order valence-corrected chi connectivity index (χ1v) is 8.12. The number of esters is 1. The summed E-state index contributed by atoms with van der Waals surface area (Å²) in [6.45, 7) is 5.58. The van der Waals surface area contributed by atoms with Gasteiger partial charge in [0.2, 0.25) is 10.0 Å². The largest absolute Gasteiger partial charge is 0.468 e. The number of benzene rings is 1. The molecule has 0 amide bonds. The van der Waals surface area contributed by atoms with Gasteiger partial charge >= 0.3 is 5.97 Å². The smallest absolute Gasteiger partial charge is 0.323 e. The van der Waals surface area contributed by atoms with Gasteiger partial charge in [-0.15, -0.1) is 0 Å². The lowest BCUT2D eigenvalue weighted by atomic mass is 10.1. The van der Waals surface area contributed by atoms with Gasteiger partial charge in [0.05, 0.1) is 12.0 Å². The number of nitrogens with one attached hydrogen (secondary N) is 1. The number of nitrogen functional groups attached to an aromatic ring is 1. The minimum absolute atomic E-state index is 0.0308. The van der Waals surface area contributed by atoms with Gasteiger partial charge in [0.25, 0.3) is 0 Å². The summed E-state index contributed by atoms with van der Waals surface area (Å²) in [4.78, 5) is 11.7. The number of carbonyl (C=O) groups excluding carboxylic acids is 1. The summed E-state index contributed by atoms with van der Waals surface area (Å²) in [5, 5.41) is 0. The molecule has 1 unspecified atom stereocenters. The van der Waals surface area contributed by atoms with Crippen molar-refractivity contribution in [1.82, 2.24) is 4.72 Å². The summed E-state index contributed by atoms with van der Waals surface area (Å²) in [6.07, 6.45) is 0.354. The van der Waals surface area contributed by atoms with E-state index in [9.17, 15) is 13.2 Å². The van der Waals surface area contributed by atoms with Gasteiger partial charge in [-0.2, -0.15) is 4.72 Å². The van der Waals surface area contributed by atoms with Crippen LogP contribution in [0.5, 0.6) is 0 Å². The van der Waals surface area contributed by atoms with E-state index in [2.05, 4.69) is 9.46 Å². The van der Waals surface area contributed by atoms with Crippen molar-refractivity contribution >= 4 is 21.7 Å². The third-order valence-electron chi connectivity index (χ3n) is 3.05. The van der Waals surface area contributed by atoms with E-state index in [1.54, 1.807) is 13.0 Å². The second kappa shape index (κ2) is 6.91. The van der Waals surface area contributed by atoms with Crippen molar-refractivity contribution in [1.29, 1.82) is 0 Å². The van der Waals surface area contributed by atoms with E-state index in [1.807, 2.05) is 13.8 Å². The Bertz CT molecular complexity index is 611. The monoisotopic (exact) mass is 314 g/mol. The topological polar surface area (TPSA) is 98.5 Å². The molecule has 21 heavy (non-hydrogen) atoms. The molecule has 0 aliphatic rings. The molecule has 118 valence electrons. The summed E-state index contributed by atoms with van der Waals surface area (Å²) < 4.78 is 31.7. The van der Waals surface area contributed by atoms with Crippen LogP contribution in [0.1, 0.15) is 25.8 Å². The fourth-order valence-electron chi connectivity index (χ4n) is 1.85. The van der Waals surface area contributed by atoms with Crippen molar-refractivity contribution in [2.45, 2.75) is 38.1 Å². The second-order valence-corrected chi connectivity index (χ2v) is 7.06. The maximum Gasteiger partial charge on any atom is 0.323 e. The molecule has 0 spiro atoms. The van der Waals surface area contributed by atoms with E-state index in [-0.39, 0.29) is 10.8 Å². The number of anilines is 1. The molecule has 1 atom stereocenters. The first-order valence-electron chi connectivity index (χ1n) is 6.63. The first-order chi connectivity index (χ1) is 9.67. The molecule has 3 N–H and O–H groups in total. The molecule has 0 heterocycles. The quantitative estimate of drug-likeness (QED) is 0.611. The Morgan fingerprint density at radius 2 is 2.00 bits per heavy atom. The van der Waals surface area contributed by atoms with Crippen molar-refractivity contribution in [2.24, 2.45) is 5.92 Å². The zero-order valence-corrected chi connectivity index (χ0v) is 13.5. The lowest BCUT2D eigenvalue weighted by Crippen LogP contribution is -2.42. The molecule has 0 aliphatic heterocycles. The van der Waals surface area contributed by atoms with Crippen LogP contribution in [-0.2, 0) is 19.6 Å². The predicted molar refractivity (Wildman–Crippen MR) is 81.2 cm³/mol. The maximum atomic E-state index is 12.3. The van der Waals surface area contributed by atoms with Gasteiger partial charge in [0, 0.05) is 5.69 Å². The van der Waals surface area contributed by atoms with Crippen LogP contribution < -0.4 is 10.5 Å². The Balaban J connectivity index is 3.05. The van der Waals surface area contributed by atoms with Gasteiger partial charge in [-0.25, -0.2) is 8.42 Å². The Labute approximate surface area is 125 Å². The zero-order chi connectivity index (χ0) is 16.2. The highest BCUT2D eigenvalue weighted by molar-refractivity contribution is 7.89. The molecule has 0 aromatic heterocycles. The average molecular weight is 314 g/mol. The molecule has 1 aromatic carbocycles. The van der Waals surface area contributed by atoms with Gasteiger partial charge in [0.15, 0.2) is 0 Å². The van der Waals surface area contributed by atoms with Crippen LogP contribution in [0.3, 0.4) is 0 Å². The van der Waals surface area contributed by atoms with Crippen molar-refractivity contribution in [3.05, 3.63) is 23.8 Å². The number of rotatable bonds is 6. The minimum Gasteiger partial charge on any atom is -0.468 e. The second-order valence-electron chi connectivity index (χ2n) is 5.34. The van der Waals surface area contributed by atoms with E-state index < -0.39 is 22.0 Å². The van der Waals surface area contributed by atoms with E-state index in [0.29, 0.717) is 12.1 Å². The highest BCUT2D eigenvalue weighted by Gasteiger charge is 2.27. The molecule has 1 rings (SSSR count). The van der Waals surface area contributed by atoms with Gasteiger partial charge in [-0.05, 0) is 37.0 Å². The molecule has 0 saturated carbocycles. The number of hydrogen-bond acceptors (Lipinski definition) is 5. The molecule has 0 aliphatic carbocycles. The third-order valence-corrected chi connectivity index (χ3v) is 4.52. The molecule has 0 bridgehead atoms. The molecule has 0 saturated heterocycles. The van der Waals surface area contributed by atoms with E-state index >= 15 is 0 Å².